The molecule has 5 atom stereocenters. The normalized spacial score (nSPS) is 36.0. The number of benzene rings is 1. The van der Waals surface area contributed by atoms with E-state index < -0.39 is 42.3 Å². The zero-order valence-corrected chi connectivity index (χ0v) is 16.1. The summed E-state index contributed by atoms with van der Waals surface area (Å²) in [4.78, 5) is 13.0. The van der Waals surface area contributed by atoms with E-state index in [0.29, 0.717) is 11.4 Å². The Labute approximate surface area is 158 Å². The van der Waals surface area contributed by atoms with Gasteiger partial charge in [-0.2, -0.15) is 0 Å². The van der Waals surface area contributed by atoms with Gasteiger partial charge in [-0.1, -0.05) is 12.1 Å². The second-order valence-electron chi connectivity index (χ2n) is 7.78. The van der Waals surface area contributed by atoms with Crippen LogP contribution in [-0.4, -0.2) is 55.3 Å². The molecule has 4 rings (SSSR count). The number of carbonyl (C=O) groups excluding carboxylic acids is 1. The maximum Gasteiger partial charge on any atom is 0.256 e. The predicted molar refractivity (Wildman–Crippen MR) is 94.1 cm³/mol. The summed E-state index contributed by atoms with van der Waals surface area (Å²) in [7, 11) is 1.55. The van der Waals surface area contributed by atoms with Crippen LogP contribution in [0.2, 0.25) is 0 Å². The molecule has 0 spiro atoms. The van der Waals surface area contributed by atoms with E-state index in [1.165, 1.54) is 0 Å². The van der Waals surface area contributed by atoms with Crippen LogP contribution in [0.15, 0.2) is 24.3 Å². The van der Waals surface area contributed by atoms with E-state index in [2.05, 4.69) is 5.32 Å². The third-order valence-electron chi connectivity index (χ3n) is 4.78. The van der Waals surface area contributed by atoms with E-state index in [1.54, 1.807) is 46.9 Å². The van der Waals surface area contributed by atoms with E-state index in [4.69, 9.17) is 28.4 Å². The van der Waals surface area contributed by atoms with Gasteiger partial charge in [0.05, 0.1) is 12.8 Å². The third kappa shape index (κ3) is 3.43. The lowest BCUT2D eigenvalue weighted by molar-refractivity contribution is -0.229. The van der Waals surface area contributed by atoms with Crippen molar-refractivity contribution >= 4 is 11.6 Å². The number of rotatable bonds is 3. The fraction of sp³-hybridized carbons (Fsp3) is 0.632. The van der Waals surface area contributed by atoms with E-state index in [0.717, 1.165) is 0 Å². The number of fused-ring (bicyclic) bond motifs is 3. The van der Waals surface area contributed by atoms with Crippen molar-refractivity contribution in [2.24, 2.45) is 0 Å². The molecule has 0 radical (unpaired) electrons. The molecular weight excluding hydrogens is 354 g/mol. The van der Waals surface area contributed by atoms with Gasteiger partial charge in [0.15, 0.2) is 24.0 Å². The number of para-hydroxylation sites is 2. The van der Waals surface area contributed by atoms with Crippen molar-refractivity contribution in [3.8, 4) is 5.75 Å². The lowest BCUT2D eigenvalue weighted by Gasteiger charge is -2.36. The number of amides is 1. The predicted octanol–water partition coefficient (Wildman–Crippen LogP) is 2.03. The first-order valence-corrected chi connectivity index (χ1v) is 9.00. The second kappa shape index (κ2) is 6.42. The minimum atomic E-state index is -0.916. The van der Waals surface area contributed by atoms with Gasteiger partial charge in [0.2, 0.25) is 0 Å². The first kappa shape index (κ1) is 18.6. The summed E-state index contributed by atoms with van der Waals surface area (Å²) in [6, 6.07) is 7.17. The van der Waals surface area contributed by atoms with Crippen molar-refractivity contribution in [1.82, 2.24) is 0 Å². The number of nitrogens with one attached hydrogen (secondary N) is 1. The number of methoxy groups -OCH3 is 1. The van der Waals surface area contributed by atoms with E-state index in [9.17, 15) is 4.79 Å². The van der Waals surface area contributed by atoms with Crippen LogP contribution >= 0.6 is 0 Å². The minimum absolute atomic E-state index is 0.359. The molecule has 1 amide bonds. The lowest BCUT2D eigenvalue weighted by Crippen LogP contribution is -2.58. The molecule has 1 N–H and O–H groups in total. The lowest BCUT2D eigenvalue weighted by atomic mass is 9.98. The molecule has 3 saturated heterocycles. The molecule has 0 saturated carbocycles. The van der Waals surface area contributed by atoms with E-state index >= 15 is 0 Å². The molecule has 8 nitrogen and oxygen atoms in total. The van der Waals surface area contributed by atoms with Crippen LogP contribution in [0.5, 0.6) is 5.75 Å². The molecule has 0 bridgehead atoms. The Balaban J connectivity index is 1.59. The fourth-order valence-electron chi connectivity index (χ4n) is 3.78. The van der Waals surface area contributed by atoms with Gasteiger partial charge in [0.25, 0.3) is 5.91 Å². The highest BCUT2D eigenvalue weighted by Crippen LogP contribution is 2.44. The summed E-state index contributed by atoms with van der Waals surface area (Å²) in [6.45, 7) is 7.20. The Bertz CT molecular complexity index is 735. The van der Waals surface area contributed by atoms with Crippen LogP contribution in [-0.2, 0) is 28.5 Å². The van der Waals surface area contributed by atoms with Gasteiger partial charge < -0.3 is 33.7 Å². The molecular formula is C19H25NO7. The van der Waals surface area contributed by atoms with Crippen LogP contribution in [0.25, 0.3) is 0 Å². The highest BCUT2D eigenvalue weighted by atomic mass is 16.9. The summed E-state index contributed by atoms with van der Waals surface area (Å²) in [5.41, 5.74) is 0.550. The highest BCUT2D eigenvalue weighted by molar-refractivity contribution is 5.96. The average molecular weight is 379 g/mol. The van der Waals surface area contributed by atoms with Crippen LogP contribution in [0.1, 0.15) is 27.7 Å². The average Bonchev–Trinajstić information content (AvgIpc) is 3.08. The Morgan fingerprint density at radius 1 is 0.963 bits per heavy atom. The molecule has 0 aromatic heterocycles. The Morgan fingerprint density at radius 3 is 2.33 bits per heavy atom. The van der Waals surface area contributed by atoms with Crippen molar-refractivity contribution in [1.29, 1.82) is 0 Å². The van der Waals surface area contributed by atoms with Crippen molar-refractivity contribution in [2.75, 3.05) is 12.4 Å². The van der Waals surface area contributed by atoms with Crippen molar-refractivity contribution in [2.45, 2.75) is 70.0 Å². The smallest absolute Gasteiger partial charge is 0.256 e. The molecule has 3 heterocycles. The van der Waals surface area contributed by atoms with Crippen LogP contribution in [0.4, 0.5) is 5.69 Å². The maximum absolute atomic E-state index is 13.0. The summed E-state index contributed by atoms with van der Waals surface area (Å²) >= 11 is 0. The standard InChI is InChI=1S/C19H25NO7/c1-18(2)24-12-13(25-18)15-17(27-19(3,4)26-15)23-14(12)16(21)20-10-8-6-7-9-11(10)22-5/h6-9,12-15,17H,1-5H3,(H,20,21)/t12-,13-,14-,15-,17-/m1/s1. The van der Waals surface area contributed by atoms with Gasteiger partial charge in [-0.3, -0.25) is 4.79 Å². The second-order valence-corrected chi connectivity index (χ2v) is 7.78. The van der Waals surface area contributed by atoms with Gasteiger partial charge >= 0.3 is 0 Å². The Hall–Kier alpha value is -1.71. The van der Waals surface area contributed by atoms with E-state index in [-0.39, 0.29) is 5.91 Å². The fourth-order valence-corrected chi connectivity index (χ4v) is 3.78. The first-order valence-electron chi connectivity index (χ1n) is 9.00. The topological polar surface area (TPSA) is 84.5 Å². The van der Waals surface area contributed by atoms with Gasteiger partial charge in [-0.05, 0) is 39.8 Å². The van der Waals surface area contributed by atoms with Gasteiger partial charge in [0, 0.05) is 0 Å². The third-order valence-corrected chi connectivity index (χ3v) is 4.78. The van der Waals surface area contributed by atoms with Crippen LogP contribution < -0.4 is 10.1 Å². The monoisotopic (exact) mass is 379 g/mol. The van der Waals surface area contributed by atoms with Crippen molar-refractivity contribution < 1.29 is 33.2 Å². The number of carbonyl (C=O) groups is 1. The molecule has 3 aliphatic rings. The van der Waals surface area contributed by atoms with Crippen LogP contribution in [0, 0.1) is 0 Å². The SMILES string of the molecule is COc1ccccc1NC(=O)[C@@H]1O[C@@H]2OC(C)(C)O[C@@H]2[C@@H]2OC(C)(C)O[C@H]21. The highest BCUT2D eigenvalue weighted by Gasteiger charge is 2.62. The molecule has 3 fully saturated rings. The molecule has 0 aliphatic carbocycles. The minimum Gasteiger partial charge on any atom is -0.495 e. The number of hydrogen-bond donors (Lipinski definition) is 1. The zero-order valence-electron chi connectivity index (χ0n) is 16.1. The molecule has 3 aliphatic heterocycles. The number of hydrogen-bond acceptors (Lipinski definition) is 7. The molecule has 27 heavy (non-hydrogen) atoms. The number of ether oxygens (including phenoxy) is 6. The summed E-state index contributed by atoms with van der Waals surface area (Å²) < 4.78 is 35.0. The molecule has 148 valence electrons. The maximum atomic E-state index is 13.0. The molecule has 0 unspecified atom stereocenters. The molecule has 1 aromatic carbocycles. The van der Waals surface area contributed by atoms with Gasteiger partial charge in [0.1, 0.15) is 24.1 Å². The molecule has 8 heteroatoms. The van der Waals surface area contributed by atoms with Gasteiger partial charge in [-0.15, -0.1) is 0 Å². The first-order chi connectivity index (χ1) is 12.7. The summed E-state index contributed by atoms with van der Waals surface area (Å²) in [6.07, 6.45) is -3.20. The Morgan fingerprint density at radius 2 is 1.59 bits per heavy atom. The number of anilines is 1. The van der Waals surface area contributed by atoms with Gasteiger partial charge in [-0.25, -0.2) is 0 Å². The van der Waals surface area contributed by atoms with Crippen LogP contribution in [0.3, 0.4) is 0 Å². The molecule has 1 aromatic rings. The summed E-state index contributed by atoms with van der Waals surface area (Å²) in [5, 5.41) is 2.85. The zero-order chi connectivity index (χ0) is 19.4. The van der Waals surface area contributed by atoms with Crippen molar-refractivity contribution in [3.05, 3.63) is 24.3 Å². The largest absolute Gasteiger partial charge is 0.495 e. The van der Waals surface area contributed by atoms with E-state index in [1.807, 2.05) is 12.1 Å². The van der Waals surface area contributed by atoms with Crippen molar-refractivity contribution in [3.63, 3.8) is 0 Å². The summed E-state index contributed by atoms with van der Waals surface area (Å²) in [5.74, 6) is -1.49. The Kier molecular flexibility index (Phi) is 4.44. The quantitative estimate of drug-likeness (QED) is 0.860.